The van der Waals surface area contributed by atoms with Crippen molar-refractivity contribution in [2.45, 2.75) is 52.7 Å². The summed E-state index contributed by atoms with van der Waals surface area (Å²) in [5, 5.41) is 2.83. The summed E-state index contributed by atoms with van der Waals surface area (Å²) in [5.41, 5.74) is 0.0673. The van der Waals surface area contributed by atoms with Gasteiger partial charge in [-0.3, -0.25) is 9.59 Å². The van der Waals surface area contributed by atoms with E-state index in [1.807, 2.05) is 19.0 Å². The van der Waals surface area contributed by atoms with Crippen molar-refractivity contribution in [1.82, 2.24) is 10.2 Å². The number of hydrogen-bond donors (Lipinski definition) is 1. The van der Waals surface area contributed by atoms with Crippen molar-refractivity contribution < 1.29 is 14.3 Å². The fourth-order valence-electron chi connectivity index (χ4n) is 2.20. The fourth-order valence-corrected chi connectivity index (χ4v) is 2.20. The molecular weight excluding hydrogens is 280 g/mol. The molecule has 5 heteroatoms. The minimum atomic E-state index is -0.508. The number of hydrogen-bond acceptors (Lipinski definition) is 4. The van der Waals surface area contributed by atoms with E-state index in [0.29, 0.717) is 12.3 Å². The van der Waals surface area contributed by atoms with E-state index in [9.17, 15) is 9.59 Å². The fraction of sp³-hybridized carbons (Fsp3) is 0.824. The number of ketones is 1. The van der Waals surface area contributed by atoms with Gasteiger partial charge < -0.3 is 15.0 Å². The molecule has 0 bridgehead atoms. The van der Waals surface area contributed by atoms with Crippen LogP contribution in [0.15, 0.2) is 0 Å². The highest BCUT2D eigenvalue weighted by Crippen LogP contribution is 2.30. The summed E-state index contributed by atoms with van der Waals surface area (Å²) in [6, 6.07) is -0.508. The first kappa shape index (κ1) is 19.1. The van der Waals surface area contributed by atoms with E-state index >= 15 is 0 Å². The zero-order chi connectivity index (χ0) is 16.9. The summed E-state index contributed by atoms with van der Waals surface area (Å²) in [7, 11) is 3.96. The van der Waals surface area contributed by atoms with E-state index in [2.05, 4.69) is 33.0 Å². The first-order valence-electron chi connectivity index (χ1n) is 8.06. The lowest BCUT2D eigenvalue weighted by Crippen LogP contribution is -2.46. The maximum Gasteiger partial charge on any atom is 0.224 e. The molecule has 127 valence electrons. The molecule has 0 aromatic rings. The van der Waals surface area contributed by atoms with E-state index in [-0.39, 0.29) is 29.8 Å². The Morgan fingerprint density at radius 1 is 1.45 bits per heavy atom. The predicted octanol–water partition coefficient (Wildman–Crippen LogP) is 1.67. The number of nitrogens with zero attached hydrogens (tertiary/aromatic N) is 1. The van der Waals surface area contributed by atoms with Crippen LogP contribution in [-0.4, -0.2) is 56.0 Å². The molecule has 1 saturated heterocycles. The van der Waals surface area contributed by atoms with E-state index in [1.165, 1.54) is 0 Å². The van der Waals surface area contributed by atoms with Gasteiger partial charge in [-0.15, -0.1) is 0 Å². The summed E-state index contributed by atoms with van der Waals surface area (Å²) in [6.45, 7) is 9.51. The molecule has 0 spiro atoms. The zero-order valence-electron chi connectivity index (χ0n) is 14.8. The van der Waals surface area contributed by atoms with Gasteiger partial charge in [-0.1, -0.05) is 27.7 Å². The number of carbonyl (C=O) groups is 2. The maximum atomic E-state index is 12.1. The molecule has 0 saturated carbocycles. The molecule has 22 heavy (non-hydrogen) atoms. The average molecular weight is 311 g/mol. The topological polar surface area (TPSA) is 58.6 Å². The van der Waals surface area contributed by atoms with Crippen LogP contribution in [0.5, 0.6) is 0 Å². The Bertz CT molecular complexity index is 391. The van der Waals surface area contributed by atoms with Gasteiger partial charge in [0.2, 0.25) is 5.91 Å². The molecule has 1 radical (unpaired) electrons. The lowest BCUT2D eigenvalue weighted by molar-refractivity contribution is -0.124. The van der Waals surface area contributed by atoms with Gasteiger partial charge in [-0.2, -0.15) is 0 Å². The number of carbonyl (C=O) groups excluding carboxylic acids is 2. The van der Waals surface area contributed by atoms with Gasteiger partial charge in [0.05, 0.1) is 12.5 Å². The first-order valence-corrected chi connectivity index (χ1v) is 8.06. The van der Waals surface area contributed by atoms with Gasteiger partial charge in [0.25, 0.3) is 0 Å². The third-order valence-corrected chi connectivity index (χ3v) is 4.69. The summed E-state index contributed by atoms with van der Waals surface area (Å²) in [4.78, 5) is 26.1. The van der Waals surface area contributed by atoms with Crippen molar-refractivity contribution >= 4 is 11.7 Å². The molecule has 1 N–H and O–H groups in total. The standard InChI is InChI=1S/C17H31N2O3/c1-12(2)17(3,4)9-7-15(21)18-16-13(20)11-22-14(16)8-10-19(5)6/h7,12,14,16H,8-11H2,1-6H3,(H,18,21). The number of nitrogens with one attached hydrogen (secondary N) is 1. The molecule has 5 nitrogen and oxygen atoms in total. The van der Waals surface area contributed by atoms with Gasteiger partial charge in [0.15, 0.2) is 5.78 Å². The van der Waals surface area contributed by atoms with Crippen molar-refractivity contribution in [1.29, 1.82) is 0 Å². The molecule has 1 amide bonds. The lowest BCUT2D eigenvalue weighted by atomic mass is 9.77. The monoisotopic (exact) mass is 311 g/mol. The number of rotatable bonds is 8. The van der Waals surface area contributed by atoms with Crippen LogP contribution in [0.4, 0.5) is 0 Å². The van der Waals surface area contributed by atoms with Crippen LogP contribution in [-0.2, 0) is 14.3 Å². The zero-order valence-corrected chi connectivity index (χ0v) is 14.8. The summed E-state index contributed by atoms with van der Waals surface area (Å²) in [5.74, 6) is 0.280. The smallest absolute Gasteiger partial charge is 0.224 e. The summed E-state index contributed by atoms with van der Waals surface area (Å²) in [6.07, 6.45) is 2.88. The summed E-state index contributed by atoms with van der Waals surface area (Å²) >= 11 is 0. The van der Waals surface area contributed by atoms with Crippen molar-refractivity contribution in [2.24, 2.45) is 11.3 Å². The Balaban J connectivity index is 2.48. The van der Waals surface area contributed by atoms with Crippen molar-refractivity contribution in [2.75, 3.05) is 27.2 Å². The lowest BCUT2D eigenvalue weighted by Gasteiger charge is -2.29. The van der Waals surface area contributed by atoms with Crippen molar-refractivity contribution in [3.8, 4) is 0 Å². The molecule has 2 unspecified atom stereocenters. The van der Waals surface area contributed by atoms with Gasteiger partial charge in [0.1, 0.15) is 12.6 Å². The number of Topliss-reactive ketones (excluding diaryl/α,β-unsaturated/α-hetero) is 1. The Hall–Kier alpha value is -0.940. The second-order valence-electron chi connectivity index (χ2n) is 7.45. The maximum absolute atomic E-state index is 12.1. The minimum absolute atomic E-state index is 0.0337. The Labute approximate surface area is 134 Å². The molecular formula is C17H31N2O3. The minimum Gasteiger partial charge on any atom is -0.368 e. The van der Waals surface area contributed by atoms with Gasteiger partial charge in [-0.05, 0) is 38.3 Å². The van der Waals surface area contributed by atoms with E-state index in [1.54, 1.807) is 6.42 Å². The van der Waals surface area contributed by atoms with Crippen LogP contribution in [0, 0.1) is 17.8 Å². The highest BCUT2D eigenvalue weighted by atomic mass is 16.5. The third-order valence-electron chi connectivity index (χ3n) is 4.69. The second kappa shape index (κ2) is 8.06. The first-order chi connectivity index (χ1) is 10.1. The molecule has 1 aliphatic heterocycles. The van der Waals surface area contributed by atoms with Crippen LogP contribution in [0.3, 0.4) is 0 Å². The third kappa shape index (κ3) is 5.69. The Morgan fingerprint density at radius 3 is 2.64 bits per heavy atom. The number of ether oxygens (including phenoxy) is 1. The van der Waals surface area contributed by atoms with Crippen LogP contribution in [0.1, 0.15) is 40.5 Å². The second-order valence-corrected chi connectivity index (χ2v) is 7.45. The SMILES string of the molecule is CC(C)C(C)(C)C[CH]C(=O)NC1C(=O)COC1CCN(C)C. The van der Waals surface area contributed by atoms with E-state index in [4.69, 9.17) is 4.74 Å². The average Bonchev–Trinajstić information content (AvgIpc) is 2.75. The van der Waals surface area contributed by atoms with E-state index < -0.39 is 6.04 Å². The number of amides is 1. The summed E-state index contributed by atoms with van der Waals surface area (Å²) < 4.78 is 5.51. The molecule has 1 heterocycles. The van der Waals surface area contributed by atoms with Crippen LogP contribution in [0.2, 0.25) is 0 Å². The van der Waals surface area contributed by atoms with Crippen LogP contribution >= 0.6 is 0 Å². The van der Waals surface area contributed by atoms with Gasteiger partial charge >= 0.3 is 0 Å². The van der Waals surface area contributed by atoms with Crippen molar-refractivity contribution in [3.63, 3.8) is 0 Å². The van der Waals surface area contributed by atoms with Crippen LogP contribution < -0.4 is 5.32 Å². The normalized spacial score (nSPS) is 22.6. The molecule has 0 aliphatic carbocycles. The molecule has 1 rings (SSSR count). The molecule has 1 aliphatic rings. The molecule has 2 atom stereocenters. The molecule has 0 aromatic heterocycles. The highest BCUT2D eigenvalue weighted by molar-refractivity contribution is 5.94. The largest absolute Gasteiger partial charge is 0.368 e. The van der Waals surface area contributed by atoms with E-state index in [0.717, 1.165) is 13.0 Å². The highest BCUT2D eigenvalue weighted by Gasteiger charge is 2.36. The predicted molar refractivity (Wildman–Crippen MR) is 87.4 cm³/mol. The molecule has 0 aromatic carbocycles. The quantitative estimate of drug-likeness (QED) is 0.741. The van der Waals surface area contributed by atoms with Crippen molar-refractivity contribution in [3.05, 3.63) is 6.42 Å². The van der Waals surface area contributed by atoms with Gasteiger partial charge in [-0.25, -0.2) is 0 Å². The molecule has 1 fully saturated rings. The van der Waals surface area contributed by atoms with Gasteiger partial charge in [0, 0.05) is 6.54 Å². The Morgan fingerprint density at radius 2 is 2.09 bits per heavy atom. The van der Waals surface area contributed by atoms with Crippen LogP contribution in [0.25, 0.3) is 0 Å². The Kier molecular flexibility index (Phi) is 7.00.